The summed E-state index contributed by atoms with van der Waals surface area (Å²) in [6, 6.07) is 14.6. The van der Waals surface area contributed by atoms with Crippen LogP contribution in [0.25, 0.3) is 10.2 Å². The van der Waals surface area contributed by atoms with Gasteiger partial charge in [0.1, 0.15) is 0 Å². The molecule has 160 valence electrons. The third-order valence-corrected chi connectivity index (χ3v) is 7.80. The van der Waals surface area contributed by atoms with Crippen LogP contribution in [-0.2, 0) is 21.3 Å². The number of hydrogen-bond donors (Lipinski definition) is 1. The van der Waals surface area contributed by atoms with E-state index in [0.717, 1.165) is 35.3 Å². The van der Waals surface area contributed by atoms with E-state index in [0.29, 0.717) is 36.9 Å². The van der Waals surface area contributed by atoms with Gasteiger partial charge in [0, 0.05) is 13.2 Å². The second kappa shape index (κ2) is 9.43. The molecule has 1 N–H and O–H groups in total. The van der Waals surface area contributed by atoms with Crippen LogP contribution in [0.2, 0.25) is 0 Å². The number of nitrogens with one attached hydrogen (secondary N) is 1. The molecule has 0 saturated heterocycles. The topological polar surface area (TPSA) is 77.4 Å². The standard InChI is InChI=1S/C22H26N2O4S2/c25-22-24(16-17-7-2-1-3-8-17)20-12-11-19(15-21(20)29-22)30(26,27)23-13-6-14-28-18-9-4-5-10-18/h1-3,7-8,11-12,15,18,23H,4-6,9-10,13-14,16H2. The van der Waals surface area contributed by atoms with Gasteiger partial charge in [0.2, 0.25) is 10.0 Å². The van der Waals surface area contributed by atoms with Crippen LogP contribution in [0.3, 0.4) is 0 Å². The Bertz CT molecular complexity index is 1150. The van der Waals surface area contributed by atoms with E-state index in [2.05, 4.69) is 4.72 Å². The molecule has 4 rings (SSSR count). The number of hydrogen-bond acceptors (Lipinski definition) is 5. The third kappa shape index (κ3) is 5.00. The number of rotatable bonds is 9. The molecule has 1 heterocycles. The van der Waals surface area contributed by atoms with Crippen LogP contribution in [0.15, 0.2) is 58.2 Å². The SMILES string of the molecule is O=c1sc2cc(S(=O)(=O)NCCCOC3CCCC3)ccc2n1Cc1ccccc1. The fraction of sp³-hybridized carbons (Fsp3) is 0.409. The monoisotopic (exact) mass is 446 g/mol. The molecule has 30 heavy (non-hydrogen) atoms. The number of fused-ring (bicyclic) bond motifs is 1. The van der Waals surface area contributed by atoms with Gasteiger partial charge in [-0.2, -0.15) is 0 Å². The quantitative estimate of drug-likeness (QED) is 0.508. The Kier molecular flexibility index (Phi) is 6.67. The zero-order chi connectivity index (χ0) is 21.0. The molecule has 0 radical (unpaired) electrons. The van der Waals surface area contributed by atoms with Crippen molar-refractivity contribution in [2.75, 3.05) is 13.2 Å². The largest absolute Gasteiger partial charge is 0.378 e. The summed E-state index contributed by atoms with van der Waals surface area (Å²) in [7, 11) is -3.62. The average molecular weight is 447 g/mol. The van der Waals surface area contributed by atoms with Crippen molar-refractivity contribution in [2.24, 2.45) is 0 Å². The van der Waals surface area contributed by atoms with Crippen LogP contribution in [0.5, 0.6) is 0 Å². The van der Waals surface area contributed by atoms with Crippen molar-refractivity contribution >= 4 is 31.6 Å². The molecule has 8 heteroatoms. The van der Waals surface area contributed by atoms with Gasteiger partial charge < -0.3 is 4.74 Å². The van der Waals surface area contributed by atoms with Crippen LogP contribution in [0, 0.1) is 0 Å². The highest BCUT2D eigenvalue weighted by atomic mass is 32.2. The van der Waals surface area contributed by atoms with Crippen molar-refractivity contribution in [3.63, 3.8) is 0 Å². The Morgan fingerprint density at radius 3 is 2.63 bits per heavy atom. The summed E-state index contributed by atoms with van der Waals surface area (Å²) in [6.07, 6.45) is 5.64. The predicted molar refractivity (Wildman–Crippen MR) is 120 cm³/mol. The maximum absolute atomic E-state index is 12.6. The number of ether oxygens (including phenoxy) is 1. The summed E-state index contributed by atoms with van der Waals surface area (Å²) in [4.78, 5) is 12.5. The predicted octanol–water partition coefficient (Wildman–Crippen LogP) is 3.74. The van der Waals surface area contributed by atoms with Crippen LogP contribution in [0.1, 0.15) is 37.7 Å². The minimum Gasteiger partial charge on any atom is -0.378 e. The first kappa shape index (κ1) is 21.2. The maximum Gasteiger partial charge on any atom is 0.308 e. The van der Waals surface area contributed by atoms with Crippen LogP contribution in [0.4, 0.5) is 0 Å². The maximum atomic E-state index is 12.6. The summed E-state index contributed by atoms with van der Waals surface area (Å²) in [6.45, 7) is 1.36. The van der Waals surface area contributed by atoms with Crippen molar-refractivity contribution in [1.29, 1.82) is 0 Å². The fourth-order valence-electron chi connectivity index (χ4n) is 3.80. The molecule has 1 saturated carbocycles. The second-order valence-electron chi connectivity index (χ2n) is 7.60. The van der Waals surface area contributed by atoms with Crippen LogP contribution < -0.4 is 9.60 Å². The molecule has 2 aromatic carbocycles. The fourth-order valence-corrected chi connectivity index (χ4v) is 5.90. The molecule has 0 atom stereocenters. The van der Waals surface area contributed by atoms with E-state index in [1.54, 1.807) is 22.8 Å². The number of aromatic nitrogens is 1. The third-order valence-electron chi connectivity index (χ3n) is 5.40. The number of sulfonamides is 1. The van der Waals surface area contributed by atoms with E-state index in [-0.39, 0.29) is 9.77 Å². The first-order chi connectivity index (χ1) is 14.5. The molecule has 0 spiro atoms. The molecular formula is C22H26N2O4S2. The van der Waals surface area contributed by atoms with E-state index in [1.807, 2.05) is 30.3 Å². The van der Waals surface area contributed by atoms with Gasteiger partial charge in [-0.25, -0.2) is 13.1 Å². The minimum atomic E-state index is -3.62. The van der Waals surface area contributed by atoms with E-state index in [4.69, 9.17) is 4.74 Å². The molecule has 0 aliphatic heterocycles. The number of nitrogens with zero attached hydrogens (tertiary/aromatic N) is 1. The highest BCUT2D eigenvalue weighted by Gasteiger charge is 2.18. The van der Waals surface area contributed by atoms with Gasteiger partial charge in [-0.1, -0.05) is 54.5 Å². The van der Waals surface area contributed by atoms with E-state index in [1.165, 1.54) is 12.8 Å². The number of benzene rings is 2. The molecule has 3 aromatic rings. The zero-order valence-corrected chi connectivity index (χ0v) is 18.4. The van der Waals surface area contributed by atoms with Crippen molar-refractivity contribution in [1.82, 2.24) is 9.29 Å². The van der Waals surface area contributed by atoms with Crippen LogP contribution in [-0.4, -0.2) is 32.2 Å². The molecule has 1 aliphatic carbocycles. The Morgan fingerprint density at radius 1 is 1.10 bits per heavy atom. The number of thiazole rings is 1. The molecule has 0 bridgehead atoms. The summed E-state index contributed by atoms with van der Waals surface area (Å²) in [5, 5.41) is 0. The molecular weight excluding hydrogens is 420 g/mol. The lowest BCUT2D eigenvalue weighted by molar-refractivity contribution is 0.0575. The first-order valence-electron chi connectivity index (χ1n) is 10.3. The minimum absolute atomic E-state index is 0.0968. The van der Waals surface area contributed by atoms with Crippen LogP contribution >= 0.6 is 11.3 Å². The van der Waals surface area contributed by atoms with E-state index >= 15 is 0 Å². The Morgan fingerprint density at radius 2 is 1.87 bits per heavy atom. The normalized spacial score (nSPS) is 15.2. The van der Waals surface area contributed by atoms with Gasteiger partial charge in [0.15, 0.2) is 0 Å². The molecule has 1 aromatic heterocycles. The molecule has 0 unspecified atom stereocenters. The summed E-state index contributed by atoms with van der Waals surface area (Å²) < 4.78 is 36.1. The van der Waals surface area contributed by atoms with E-state index < -0.39 is 10.0 Å². The van der Waals surface area contributed by atoms with Gasteiger partial charge >= 0.3 is 4.87 Å². The first-order valence-corrected chi connectivity index (χ1v) is 12.6. The Hall–Kier alpha value is -2.00. The average Bonchev–Trinajstić information content (AvgIpc) is 3.36. The lowest BCUT2D eigenvalue weighted by Crippen LogP contribution is -2.26. The van der Waals surface area contributed by atoms with Crippen molar-refractivity contribution in [3.05, 3.63) is 63.8 Å². The smallest absolute Gasteiger partial charge is 0.308 e. The summed E-state index contributed by atoms with van der Waals surface area (Å²) in [5.74, 6) is 0. The molecule has 6 nitrogen and oxygen atoms in total. The molecule has 1 fully saturated rings. The lowest BCUT2D eigenvalue weighted by atomic mass is 10.2. The second-order valence-corrected chi connectivity index (χ2v) is 10.4. The van der Waals surface area contributed by atoms with Gasteiger partial charge in [0.25, 0.3) is 0 Å². The van der Waals surface area contributed by atoms with Crippen molar-refractivity contribution < 1.29 is 13.2 Å². The highest BCUT2D eigenvalue weighted by Crippen LogP contribution is 2.23. The lowest BCUT2D eigenvalue weighted by Gasteiger charge is -2.11. The Labute approximate surface area is 180 Å². The zero-order valence-electron chi connectivity index (χ0n) is 16.7. The van der Waals surface area contributed by atoms with Gasteiger partial charge in [0.05, 0.1) is 27.8 Å². The van der Waals surface area contributed by atoms with Gasteiger partial charge in [-0.3, -0.25) is 9.36 Å². The Balaban J connectivity index is 1.41. The highest BCUT2D eigenvalue weighted by molar-refractivity contribution is 7.89. The van der Waals surface area contributed by atoms with E-state index in [9.17, 15) is 13.2 Å². The molecule has 0 amide bonds. The summed E-state index contributed by atoms with van der Waals surface area (Å²) >= 11 is 1.07. The van der Waals surface area contributed by atoms with Gasteiger partial charge in [-0.15, -0.1) is 0 Å². The summed E-state index contributed by atoms with van der Waals surface area (Å²) in [5.41, 5.74) is 1.77. The van der Waals surface area contributed by atoms with Gasteiger partial charge in [-0.05, 0) is 43.0 Å². The van der Waals surface area contributed by atoms with Crippen molar-refractivity contribution in [2.45, 2.75) is 49.6 Å². The van der Waals surface area contributed by atoms with Crippen molar-refractivity contribution in [3.8, 4) is 0 Å². The molecule has 1 aliphatic rings.